The number of aliphatic hydroxyl groups is 1. The molecular weight excluding hydrogens is 226 g/mol. The number of nitrogens with zero attached hydrogens (tertiary/aromatic N) is 1. The minimum atomic E-state index is 0.281. The third-order valence-corrected chi connectivity index (χ3v) is 4.68. The molecule has 1 aliphatic heterocycles. The van der Waals surface area contributed by atoms with Crippen molar-refractivity contribution in [3.63, 3.8) is 0 Å². The summed E-state index contributed by atoms with van der Waals surface area (Å²) >= 11 is 0. The lowest BCUT2D eigenvalue weighted by Crippen LogP contribution is -2.39. The molecule has 1 aliphatic carbocycles. The van der Waals surface area contributed by atoms with Crippen molar-refractivity contribution in [1.82, 2.24) is 4.90 Å². The van der Waals surface area contributed by atoms with E-state index in [4.69, 9.17) is 5.11 Å². The average molecular weight is 253 g/mol. The van der Waals surface area contributed by atoms with E-state index in [0.29, 0.717) is 24.3 Å². The molecule has 0 amide bonds. The summed E-state index contributed by atoms with van der Waals surface area (Å²) in [6, 6.07) is 0.613. The van der Waals surface area contributed by atoms with Gasteiger partial charge in [0.05, 0.1) is 0 Å². The predicted octanol–water partition coefficient (Wildman–Crippen LogP) is 2.23. The first-order valence-electron chi connectivity index (χ1n) is 7.58. The Balaban J connectivity index is 1.85. The molecule has 1 saturated heterocycles. The SMILES string of the molecule is CC1CCC(=O)C(CN2CCCC2CCCO)C1. The van der Waals surface area contributed by atoms with Gasteiger partial charge >= 0.3 is 0 Å². The van der Waals surface area contributed by atoms with E-state index in [1.165, 1.54) is 12.8 Å². The van der Waals surface area contributed by atoms with Crippen LogP contribution >= 0.6 is 0 Å². The van der Waals surface area contributed by atoms with E-state index in [2.05, 4.69) is 11.8 Å². The molecule has 0 bridgehead atoms. The van der Waals surface area contributed by atoms with Crippen LogP contribution in [0.2, 0.25) is 0 Å². The summed E-state index contributed by atoms with van der Waals surface area (Å²) in [6.07, 6.45) is 7.46. The second kappa shape index (κ2) is 6.67. The summed E-state index contributed by atoms with van der Waals surface area (Å²) in [4.78, 5) is 14.5. The van der Waals surface area contributed by atoms with Gasteiger partial charge in [-0.25, -0.2) is 0 Å². The number of ketones is 1. The van der Waals surface area contributed by atoms with Crippen molar-refractivity contribution in [3.8, 4) is 0 Å². The van der Waals surface area contributed by atoms with Crippen molar-refractivity contribution in [1.29, 1.82) is 0 Å². The van der Waals surface area contributed by atoms with Crippen molar-refractivity contribution in [2.75, 3.05) is 19.7 Å². The quantitative estimate of drug-likeness (QED) is 0.817. The Kier molecular flexibility index (Phi) is 5.19. The van der Waals surface area contributed by atoms with Crippen LogP contribution in [0.4, 0.5) is 0 Å². The Hall–Kier alpha value is -0.410. The van der Waals surface area contributed by atoms with Crippen LogP contribution in [0.5, 0.6) is 0 Å². The highest BCUT2D eigenvalue weighted by Crippen LogP contribution is 2.29. The summed E-state index contributed by atoms with van der Waals surface area (Å²) in [6.45, 7) is 4.68. The van der Waals surface area contributed by atoms with Gasteiger partial charge in [-0.2, -0.15) is 0 Å². The molecule has 2 aliphatic rings. The summed E-state index contributed by atoms with van der Waals surface area (Å²) in [5.41, 5.74) is 0. The van der Waals surface area contributed by atoms with E-state index in [1.54, 1.807) is 0 Å². The van der Waals surface area contributed by atoms with Crippen molar-refractivity contribution in [2.24, 2.45) is 11.8 Å². The average Bonchev–Trinajstić information content (AvgIpc) is 2.79. The number of hydrogen-bond acceptors (Lipinski definition) is 3. The second-order valence-electron chi connectivity index (χ2n) is 6.20. The van der Waals surface area contributed by atoms with E-state index < -0.39 is 0 Å². The van der Waals surface area contributed by atoms with Crippen LogP contribution in [-0.2, 0) is 4.79 Å². The predicted molar refractivity (Wildman–Crippen MR) is 72.4 cm³/mol. The fourth-order valence-corrected chi connectivity index (χ4v) is 3.58. The van der Waals surface area contributed by atoms with Crippen molar-refractivity contribution in [3.05, 3.63) is 0 Å². The molecule has 18 heavy (non-hydrogen) atoms. The van der Waals surface area contributed by atoms with Gasteiger partial charge in [-0.3, -0.25) is 9.69 Å². The molecule has 2 fully saturated rings. The minimum absolute atomic E-state index is 0.281. The number of Topliss-reactive ketones (excluding diaryl/α,β-unsaturated/α-hetero) is 1. The van der Waals surface area contributed by atoms with Gasteiger partial charge in [0.25, 0.3) is 0 Å². The zero-order valence-corrected chi connectivity index (χ0v) is 11.6. The minimum Gasteiger partial charge on any atom is -0.396 e. The molecule has 0 aromatic rings. The van der Waals surface area contributed by atoms with Crippen molar-refractivity contribution in [2.45, 2.75) is 57.9 Å². The number of likely N-dealkylation sites (tertiary alicyclic amines) is 1. The largest absolute Gasteiger partial charge is 0.396 e. The first-order chi connectivity index (χ1) is 8.70. The fourth-order valence-electron chi connectivity index (χ4n) is 3.58. The van der Waals surface area contributed by atoms with Crippen molar-refractivity contribution >= 4 is 5.78 Å². The van der Waals surface area contributed by atoms with E-state index in [9.17, 15) is 4.79 Å². The fraction of sp³-hybridized carbons (Fsp3) is 0.933. The molecule has 1 N–H and O–H groups in total. The molecule has 0 aromatic carbocycles. The van der Waals surface area contributed by atoms with Gasteiger partial charge < -0.3 is 5.11 Å². The van der Waals surface area contributed by atoms with Gasteiger partial charge in [0.2, 0.25) is 0 Å². The van der Waals surface area contributed by atoms with Gasteiger partial charge in [0, 0.05) is 31.5 Å². The maximum atomic E-state index is 12.0. The van der Waals surface area contributed by atoms with Gasteiger partial charge in [-0.05, 0) is 51.0 Å². The molecule has 104 valence electrons. The van der Waals surface area contributed by atoms with Crippen LogP contribution in [0, 0.1) is 11.8 Å². The van der Waals surface area contributed by atoms with Gasteiger partial charge in [0.15, 0.2) is 0 Å². The van der Waals surface area contributed by atoms with Crippen LogP contribution in [0.25, 0.3) is 0 Å². The molecule has 2 rings (SSSR count). The molecular formula is C15H27NO2. The molecule has 3 nitrogen and oxygen atoms in total. The maximum Gasteiger partial charge on any atom is 0.137 e. The van der Waals surface area contributed by atoms with E-state index in [1.807, 2.05) is 0 Å². The highest BCUT2D eigenvalue weighted by molar-refractivity contribution is 5.81. The monoisotopic (exact) mass is 253 g/mol. The lowest BCUT2D eigenvalue weighted by Gasteiger charge is -2.32. The second-order valence-corrected chi connectivity index (χ2v) is 6.20. The first kappa shape index (κ1) is 14.0. The molecule has 3 heteroatoms. The topological polar surface area (TPSA) is 40.5 Å². The highest BCUT2D eigenvalue weighted by atomic mass is 16.2. The Bertz CT molecular complexity index is 280. The molecule has 0 radical (unpaired) electrons. The summed E-state index contributed by atoms with van der Waals surface area (Å²) in [5, 5.41) is 8.94. The standard InChI is InChI=1S/C15H27NO2/c1-12-6-7-15(18)13(10-12)11-16-8-2-4-14(16)5-3-9-17/h12-14,17H,2-11H2,1H3. The summed E-state index contributed by atoms with van der Waals surface area (Å²) in [5.74, 6) is 1.48. The number of hydrogen-bond donors (Lipinski definition) is 1. The smallest absolute Gasteiger partial charge is 0.137 e. The van der Waals surface area contributed by atoms with Gasteiger partial charge in [-0.1, -0.05) is 6.92 Å². The summed E-state index contributed by atoms with van der Waals surface area (Å²) < 4.78 is 0. The normalized spacial score (nSPS) is 34.1. The Labute approximate surface area is 111 Å². The first-order valence-corrected chi connectivity index (χ1v) is 7.58. The third kappa shape index (κ3) is 3.55. The lowest BCUT2D eigenvalue weighted by atomic mass is 9.81. The van der Waals surface area contributed by atoms with Crippen LogP contribution in [0.1, 0.15) is 51.9 Å². The van der Waals surface area contributed by atoms with Gasteiger partial charge in [-0.15, -0.1) is 0 Å². The number of aliphatic hydroxyl groups excluding tert-OH is 1. The molecule has 3 unspecified atom stereocenters. The van der Waals surface area contributed by atoms with E-state index in [0.717, 1.165) is 45.2 Å². The van der Waals surface area contributed by atoms with Crippen LogP contribution < -0.4 is 0 Å². The number of rotatable bonds is 5. The number of carbonyl (C=O) groups is 1. The lowest BCUT2D eigenvalue weighted by molar-refractivity contribution is -0.126. The zero-order valence-electron chi connectivity index (χ0n) is 11.6. The van der Waals surface area contributed by atoms with Crippen molar-refractivity contribution < 1.29 is 9.90 Å². The zero-order chi connectivity index (χ0) is 13.0. The molecule has 1 heterocycles. The summed E-state index contributed by atoms with van der Waals surface area (Å²) in [7, 11) is 0. The molecule has 0 spiro atoms. The van der Waals surface area contributed by atoms with Crippen LogP contribution in [-0.4, -0.2) is 41.5 Å². The Morgan fingerprint density at radius 3 is 3.00 bits per heavy atom. The van der Waals surface area contributed by atoms with E-state index in [-0.39, 0.29) is 5.92 Å². The van der Waals surface area contributed by atoms with E-state index >= 15 is 0 Å². The maximum absolute atomic E-state index is 12.0. The van der Waals surface area contributed by atoms with Gasteiger partial charge in [0.1, 0.15) is 5.78 Å². The van der Waals surface area contributed by atoms with Crippen LogP contribution in [0.15, 0.2) is 0 Å². The molecule has 0 aromatic heterocycles. The van der Waals surface area contributed by atoms with Crippen LogP contribution in [0.3, 0.4) is 0 Å². The highest BCUT2D eigenvalue weighted by Gasteiger charge is 2.32. The third-order valence-electron chi connectivity index (χ3n) is 4.68. The molecule has 1 saturated carbocycles. The Morgan fingerprint density at radius 1 is 1.39 bits per heavy atom. The number of carbonyl (C=O) groups excluding carboxylic acids is 1. The Morgan fingerprint density at radius 2 is 2.22 bits per heavy atom. The molecule has 3 atom stereocenters.